The van der Waals surface area contributed by atoms with Gasteiger partial charge in [0, 0.05) is 5.75 Å². The van der Waals surface area contributed by atoms with Crippen LogP contribution in [0.25, 0.3) is 0 Å². The highest BCUT2D eigenvalue weighted by atomic mass is 32.2. The lowest BCUT2D eigenvalue weighted by Gasteiger charge is -2.31. The number of ether oxygens (including phenoxy) is 1. The summed E-state index contributed by atoms with van der Waals surface area (Å²) in [7, 11) is 0. The molecule has 2 unspecified atom stereocenters. The van der Waals surface area contributed by atoms with Gasteiger partial charge in [-0.3, -0.25) is 19.3 Å². The van der Waals surface area contributed by atoms with Gasteiger partial charge in [-0.2, -0.15) is 0 Å². The Kier molecular flexibility index (Phi) is 4.67. The number of benzene rings is 1. The Morgan fingerprint density at radius 2 is 1.81 bits per heavy atom. The van der Waals surface area contributed by atoms with Crippen molar-refractivity contribution in [2.45, 2.75) is 43.6 Å². The van der Waals surface area contributed by atoms with Crippen LogP contribution in [0.1, 0.15) is 46.9 Å². The maximum Gasteiger partial charge on any atom is 0.329 e. The molecule has 0 spiro atoms. The highest BCUT2D eigenvalue weighted by molar-refractivity contribution is 8.00. The molecule has 2 fully saturated rings. The minimum absolute atomic E-state index is 0.118. The second-order valence-corrected chi connectivity index (χ2v) is 7.98. The quantitative estimate of drug-likeness (QED) is 0.579. The molecule has 4 rings (SSSR count). The molecule has 0 radical (unpaired) electrons. The first-order valence-corrected chi connectivity index (χ1v) is 10.2. The summed E-state index contributed by atoms with van der Waals surface area (Å²) in [4.78, 5) is 53.9. The van der Waals surface area contributed by atoms with E-state index >= 15 is 0 Å². The number of carbonyl (C=O) groups is 4. The average molecular weight is 388 g/mol. The van der Waals surface area contributed by atoms with Crippen LogP contribution in [-0.4, -0.2) is 63.3 Å². The molecule has 3 aliphatic rings. The smallest absolute Gasteiger partial charge is 0.329 e. The number of imide groups is 1. The summed E-state index contributed by atoms with van der Waals surface area (Å²) in [5, 5.41) is -0.118. The van der Waals surface area contributed by atoms with Crippen molar-refractivity contribution in [1.29, 1.82) is 0 Å². The van der Waals surface area contributed by atoms with Gasteiger partial charge in [-0.1, -0.05) is 12.1 Å². The van der Waals surface area contributed by atoms with E-state index < -0.39 is 29.9 Å². The fraction of sp³-hybridized carbons (Fsp3) is 0.474. The van der Waals surface area contributed by atoms with Gasteiger partial charge in [-0.05, 0) is 38.3 Å². The lowest BCUT2D eigenvalue weighted by molar-refractivity contribution is -0.154. The van der Waals surface area contributed by atoms with Gasteiger partial charge in [0.15, 0.2) is 0 Å². The average Bonchev–Trinajstić information content (AvgIpc) is 3.14. The van der Waals surface area contributed by atoms with Crippen LogP contribution in [0, 0.1) is 0 Å². The van der Waals surface area contributed by atoms with Gasteiger partial charge in [-0.15, -0.1) is 11.8 Å². The number of esters is 1. The van der Waals surface area contributed by atoms with Crippen molar-refractivity contribution < 1.29 is 23.9 Å². The summed E-state index contributed by atoms with van der Waals surface area (Å²) in [6.45, 7) is 1.97. The Bertz CT molecular complexity index is 791. The third kappa shape index (κ3) is 2.82. The predicted molar refractivity (Wildman–Crippen MR) is 98.1 cm³/mol. The van der Waals surface area contributed by atoms with Gasteiger partial charge in [0.2, 0.25) is 5.91 Å². The normalized spacial score (nSPS) is 27.4. The molecular weight excluding hydrogens is 368 g/mol. The SMILES string of the molecule is CCOC(=O)[C@@H]1CSC2CCCC(N3C(=O)c4ccccc4C3=O)C(=O)N21. The summed E-state index contributed by atoms with van der Waals surface area (Å²) in [5.74, 6) is -1.16. The number of hydrogen-bond acceptors (Lipinski definition) is 6. The number of nitrogens with zero attached hydrogens (tertiary/aromatic N) is 2. The number of thioether (sulfide) groups is 1. The molecule has 1 aromatic rings. The second-order valence-electron chi connectivity index (χ2n) is 6.77. The van der Waals surface area contributed by atoms with Crippen LogP contribution in [0.3, 0.4) is 0 Å². The van der Waals surface area contributed by atoms with E-state index in [2.05, 4.69) is 0 Å². The summed E-state index contributed by atoms with van der Waals surface area (Å²) >= 11 is 1.56. The standard InChI is InChI=1S/C19H20N2O5S/c1-2-26-19(25)14-10-27-15-9-5-8-13(18(24)20(14)15)21-16(22)11-6-3-4-7-12(11)17(21)23/h3-4,6-7,13-15H,2,5,8-10H2,1H3/t13?,14-,15?/m0/s1. The fourth-order valence-electron chi connectivity index (χ4n) is 4.01. The molecule has 0 saturated carbocycles. The van der Waals surface area contributed by atoms with E-state index in [0.29, 0.717) is 29.7 Å². The van der Waals surface area contributed by atoms with E-state index in [1.54, 1.807) is 47.9 Å². The minimum Gasteiger partial charge on any atom is -0.464 e. The predicted octanol–water partition coefficient (Wildman–Crippen LogP) is 1.67. The van der Waals surface area contributed by atoms with Crippen molar-refractivity contribution in [2.24, 2.45) is 0 Å². The molecule has 0 aliphatic carbocycles. The Morgan fingerprint density at radius 1 is 1.15 bits per heavy atom. The van der Waals surface area contributed by atoms with Crippen LogP contribution in [0.5, 0.6) is 0 Å². The van der Waals surface area contributed by atoms with Crippen molar-refractivity contribution in [1.82, 2.24) is 9.80 Å². The third-order valence-corrected chi connectivity index (χ3v) is 6.61. The molecule has 3 heterocycles. The molecule has 7 nitrogen and oxygen atoms in total. The molecule has 3 amide bonds. The van der Waals surface area contributed by atoms with Crippen LogP contribution in [0.15, 0.2) is 24.3 Å². The molecule has 3 aliphatic heterocycles. The first-order valence-electron chi connectivity index (χ1n) is 9.12. The molecule has 1 aromatic carbocycles. The molecule has 8 heteroatoms. The number of amides is 3. The maximum absolute atomic E-state index is 13.3. The largest absolute Gasteiger partial charge is 0.464 e. The lowest BCUT2D eigenvalue weighted by atomic mass is 10.1. The Hall–Kier alpha value is -2.35. The van der Waals surface area contributed by atoms with Gasteiger partial charge >= 0.3 is 5.97 Å². The monoisotopic (exact) mass is 388 g/mol. The molecule has 142 valence electrons. The Labute approximate surface area is 161 Å². The summed E-state index contributed by atoms with van der Waals surface area (Å²) in [5.41, 5.74) is 0.655. The first kappa shape index (κ1) is 18.0. The van der Waals surface area contributed by atoms with E-state index in [4.69, 9.17) is 4.74 Å². The van der Waals surface area contributed by atoms with Crippen LogP contribution in [-0.2, 0) is 14.3 Å². The molecule has 27 heavy (non-hydrogen) atoms. The Morgan fingerprint density at radius 3 is 2.44 bits per heavy atom. The van der Waals surface area contributed by atoms with E-state index in [-0.39, 0.29) is 17.9 Å². The summed E-state index contributed by atoms with van der Waals surface area (Å²) in [6, 6.07) is 5.07. The van der Waals surface area contributed by atoms with E-state index in [0.717, 1.165) is 11.3 Å². The van der Waals surface area contributed by atoms with E-state index in [1.807, 2.05) is 0 Å². The van der Waals surface area contributed by atoms with Crippen molar-refractivity contribution in [3.05, 3.63) is 35.4 Å². The minimum atomic E-state index is -0.877. The summed E-state index contributed by atoms with van der Waals surface area (Å²) in [6.07, 6.45) is 1.84. The van der Waals surface area contributed by atoms with Crippen molar-refractivity contribution in [3.8, 4) is 0 Å². The highest BCUT2D eigenvalue weighted by Gasteiger charge is 2.50. The van der Waals surface area contributed by atoms with Crippen molar-refractivity contribution >= 4 is 35.5 Å². The number of fused-ring (bicyclic) bond motifs is 2. The second kappa shape index (κ2) is 6.99. The molecule has 0 aromatic heterocycles. The van der Waals surface area contributed by atoms with Gasteiger partial charge in [0.25, 0.3) is 11.8 Å². The van der Waals surface area contributed by atoms with Gasteiger partial charge < -0.3 is 9.64 Å². The summed E-state index contributed by atoms with van der Waals surface area (Å²) < 4.78 is 5.12. The van der Waals surface area contributed by atoms with Crippen molar-refractivity contribution in [2.75, 3.05) is 12.4 Å². The van der Waals surface area contributed by atoms with Crippen LogP contribution in [0.2, 0.25) is 0 Å². The zero-order valence-electron chi connectivity index (χ0n) is 14.9. The fourth-order valence-corrected chi connectivity index (χ4v) is 5.46. The van der Waals surface area contributed by atoms with Gasteiger partial charge in [0.05, 0.1) is 23.1 Å². The zero-order valence-corrected chi connectivity index (χ0v) is 15.7. The van der Waals surface area contributed by atoms with Crippen LogP contribution in [0.4, 0.5) is 0 Å². The van der Waals surface area contributed by atoms with Crippen LogP contribution < -0.4 is 0 Å². The third-order valence-electron chi connectivity index (χ3n) is 5.26. The molecule has 2 saturated heterocycles. The molecule has 0 N–H and O–H groups in total. The number of hydrogen-bond donors (Lipinski definition) is 0. The number of carbonyl (C=O) groups excluding carboxylic acids is 4. The molecular formula is C19H20N2O5S. The van der Waals surface area contributed by atoms with Gasteiger partial charge in [-0.25, -0.2) is 4.79 Å². The Balaban J connectivity index is 1.65. The zero-order chi connectivity index (χ0) is 19.1. The highest BCUT2D eigenvalue weighted by Crippen LogP contribution is 2.38. The maximum atomic E-state index is 13.3. The van der Waals surface area contributed by atoms with Crippen LogP contribution >= 0.6 is 11.8 Å². The lowest BCUT2D eigenvalue weighted by Crippen LogP contribution is -2.54. The number of rotatable bonds is 3. The first-order chi connectivity index (χ1) is 13.0. The van der Waals surface area contributed by atoms with Crippen molar-refractivity contribution in [3.63, 3.8) is 0 Å². The van der Waals surface area contributed by atoms with Gasteiger partial charge in [0.1, 0.15) is 12.1 Å². The topological polar surface area (TPSA) is 84.0 Å². The molecule has 0 bridgehead atoms. The molecule has 3 atom stereocenters. The van der Waals surface area contributed by atoms with E-state index in [9.17, 15) is 19.2 Å². The van der Waals surface area contributed by atoms with E-state index in [1.165, 1.54) is 0 Å².